The van der Waals surface area contributed by atoms with Gasteiger partial charge in [-0.3, -0.25) is 10.1 Å². The fraction of sp³-hybridized carbons (Fsp3) is 0.667. The van der Waals surface area contributed by atoms with E-state index in [0.717, 1.165) is 12.1 Å². The zero-order valence-electron chi connectivity index (χ0n) is 16.5. The molecular weight excluding hydrogens is 438 g/mol. The van der Waals surface area contributed by atoms with Crippen LogP contribution in [0.1, 0.15) is 0 Å². The van der Waals surface area contributed by atoms with E-state index in [2.05, 4.69) is 0 Å². The molecular formula is C18H25NO13. The van der Waals surface area contributed by atoms with Crippen molar-refractivity contribution in [3.63, 3.8) is 0 Å². The van der Waals surface area contributed by atoms with Crippen LogP contribution in [0, 0.1) is 10.1 Å². The van der Waals surface area contributed by atoms with Crippen LogP contribution in [0.15, 0.2) is 24.3 Å². The molecule has 0 radical (unpaired) electrons. The lowest BCUT2D eigenvalue weighted by Gasteiger charge is -2.42. The second kappa shape index (κ2) is 10.3. The van der Waals surface area contributed by atoms with Gasteiger partial charge < -0.3 is 54.7 Å². The van der Waals surface area contributed by atoms with Gasteiger partial charge in [-0.25, -0.2) is 0 Å². The maximum atomic E-state index is 10.7. The fourth-order valence-electron chi connectivity index (χ4n) is 3.33. The molecule has 0 bridgehead atoms. The Balaban J connectivity index is 1.64. The standard InChI is InChI=1S/C18H25NO13/c20-5-9-11(21)13(23)15(25)17(31-9)29-6-10-12(22)14(24)16(26)18(32-10)30-8-3-1-7(2-4-8)19(27)28/h1-4,9-18,20-26H,5-6H2/t9-,10-,11+,12-,13+,14+,15-,16-,17-,18-/m1/s1. The topological polar surface area (TPSA) is 222 Å². The van der Waals surface area contributed by atoms with Gasteiger partial charge in [0, 0.05) is 12.1 Å². The monoisotopic (exact) mass is 463 g/mol. The number of nitro groups is 1. The van der Waals surface area contributed by atoms with Gasteiger partial charge in [0.25, 0.3) is 5.69 Å². The van der Waals surface area contributed by atoms with Crippen molar-refractivity contribution in [3.8, 4) is 5.75 Å². The van der Waals surface area contributed by atoms with Crippen molar-refractivity contribution >= 4 is 5.69 Å². The third-order valence-corrected chi connectivity index (χ3v) is 5.24. The van der Waals surface area contributed by atoms with Crippen molar-refractivity contribution in [2.75, 3.05) is 13.2 Å². The number of ether oxygens (including phenoxy) is 4. The Hall–Kier alpha value is -1.98. The molecule has 1 aromatic carbocycles. The van der Waals surface area contributed by atoms with E-state index in [-0.39, 0.29) is 11.4 Å². The predicted octanol–water partition coefficient (Wildman–Crippen LogP) is -3.40. The Morgan fingerprint density at radius 1 is 0.812 bits per heavy atom. The van der Waals surface area contributed by atoms with Crippen LogP contribution in [0.25, 0.3) is 0 Å². The zero-order chi connectivity index (χ0) is 23.6. The highest BCUT2D eigenvalue weighted by atomic mass is 16.7. The third kappa shape index (κ3) is 5.15. The van der Waals surface area contributed by atoms with Crippen molar-refractivity contribution in [1.29, 1.82) is 0 Å². The lowest BCUT2D eigenvalue weighted by Crippen LogP contribution is -2.62. The minimum absolute atomic E-state index is 0.0804. The van der Waals surface area contributed by atoms with E-state index in [4.69, 9.17) is 18.9 Å². The van der Waals surface area contributed by atoms with E-state index < -0.39 is 79.5 Å². The first-order chi connectivity index (χ1) is 15.1. The van der Waals surface area contributed by atoms with E-state index in [1.807, 2.05) is 0 Å². The number of hydrogen-bond donors (Lipinski definition) is 7. The van der Waals surface area contributed by atoms with E-state index in [9.17, 15) is 45.9 Å². The van der Waals surface area contributed by atoms with Gasteiger partial charge in [-0.05, 0) is 12.1 Å². The summed E-state index contributed by atoms with van der Waals surface area (Å²) < 4.78 is 21.4. The minimum atomic E-state index is -1.71. The minimum Gasteiger partial charge on any atom is -0.462 e. The van der Waals surface area contributed by atoms with Crippen molar-refractivity contribution < 1.29 is 59.6 Å². The molecule has 0 spiro atoms. The molecule has 180 valence electrons. The molecule has 2 fully saturated rings. The van der Waals surface area contributed by atoms with Gasteiger partial charge in [-0.2, -0.15) is 0 Å². The Bertz CT molecular complexity index is 762. The number of non-ortho nitro benzene ring substituents is 1. The molecule has 2 aliphatic rings. The molecule has 14 nitrogen and oxygen atoms in total. The lowest BCUT2D eigenvalue weighted by atomic mass is 9.98. The summed E-state index contributed by atoms with van der Waals surface area (Å²) >= 11 is 0. The number of benzene rings is 1. The van der Waals surface area contributed by atoms with E-state index in [0.29, 0.717) is 0 Å². The van der Waals surface area contributed by atoms with Crippen molar-refractivity contribution in [3.05, 3.63) is 34.4 Å². The predicted molar refractivity (Wildman–Crippen MR) is 100 cm³/mol. The Kier molecular flexibility index (Phi) is 7.94. The quantitative estimate of drug-likeness (QED) is 0.155. The SMILES string of the molecule is O=[N+]([O-])c1ccc(O[C@@H]2O[C@H](CO[C@@H]3O[C@H](CO)[C@H](O)[C@H](O)[C@H]3O)[C@@H](O)[C@H](O)[C@H]2O)cc1. The van der Waals surface area contributed by atoms with Crippen LogP contribution < -0.4 is 4.74 Å². The first kappa shape index (κ1) is 24.7. The molecule has 3 rings (SSSR count). The highest BCUT2D eigenvalue weighted by Crippen LogP contribution is 2.27. The van der Waals surface area contributed by atoms with Gasteiger partial charge in [0.15, 0.2) is 6.29 Å². The number of nitro benzene ring substituents is 1. The van der Waals surface area contributed by atoms with E-state index in [1.54, 1.807) is 0 Å². The number of nitrogens with zero attached hydrogens (tertiary/aromatic N) is 1. The van der Waals surface area contributed by atoms with Crippen LogP contribution >= 0.6 is 0 Å². The molecule has 2 heterocycles. The number of aliphatic hydroxyl groups is 7. The number of rotatable bonds is 7. The second-order valence-electron chi connectivity index (χ2n) is 7.41. The van der Waals surface area contributed by atoms with E-state index >= 15 is 0 Å². The molecule has 2 saturated heterocycles. The Labute approximate surface area is 180 Å². The molecule has 7 N–H and O–H groups in total. The van der Waals surface area contributed by atoms with Gasteiger partial charge in [0.2, 0.25) is 6.29 Å². The molecule has 0 saturated carbocycles. The highest BCUT2D eigenvalue weighted by Gasteiger charge is 2.47. The molecule has 0 unspecified atom stereocenters. The van der Waals surface area contributed by atoms with Gasteiger partial charge in [-0.1, -0.05) is 0 Å². The summed E-state index contributed by atoms with van der Waals surface area (Å²) in [6.07, 6.45) is -15.4. The van der Waals surface area contributed by atoms with E-state index in [1.165, 1.54) is 12.1 Å². The zero-order valence-corrected chi connectivity index (χ0v) is 16.5. The normalized spacial score (nSPS) is 40.1. The average molecular weight is 463 g/mol. The van der Waals surface area contributed by atoms with Gasteiger partial charge in [0.05, 0.1) is 18.1 Å². The van der Waals surface area contributed by atoms with Crippen molar-refractivity contribution in [2.24, 2.45) is 0 Å². The maximum absolute atomic E-state index is 10.7. The van der Waals surface area contributed by atoms with Crippen LogP contribution in [-0.2, 0) is 14.2 Å². The average Bonchev–Trinajstić information content (AvgIpc) is 2.78. The van der Waals surface area contributed by atoms with Crippen LogP contribution in [0.3, 0.4) is 0 Å². The highest BCUT2D eigenvalue weighted by molar-refractivity contribution is 5.36. The smallest absolute Gasteiger partial charge is 0.269 e. The summed E-state index contributed by atoms with van der Waals surface area (Å²) in [4.78, 5) is 10.1. The van der Waals surface area contributed by atoms with Gasteiger partial charge in [0.1, 0.15) is 54.6 Å². The molecule has 0 amide bonds. The number of aliphatic hydroxyl groups excluding tert-OH is 7. The molecule has 14 heteroatoms. The van der Waals surface area contributed by atoms with Crippen molar-refractivity contribution in [1.82, 2.24) is 0 Å². The lowest BCUT2D eigenvalue weighted by molar-refractivity contribution is -0.384. The first-order valence-electron chi connectivity index (χ1n) is 9.67. The van der Waals surface area contributed by atoms with Crippen LogP contribution in [-0.4, -0.2) is 115 Å². The fourth-order valence-corrected chi connectivity index (χ4v) is 3.33. The van der Waals surface area contributed by atoms with Crippen molar-refractivity contribution in [2.45, 2.75) is 61.4 Å². The van der Waals surface area contributed by atoms with Gasteiger partial charge in [-0.15, -0.1) is 0 Å². The Morgan fingerprint density at radius 3 is 1.91 bits per heavy atom. The second-order valence-corrected chi connectivity index (χ2v) is 7.41. The maximum Gasteiger partial charge on any atom is 0.269 e. The summed E-state index contributed by atoms with van der Waals surface area (Å²) in [7, 11) is 0. The largest absolute Gasteiger partial charge is 0.462 e. The number of hydrogen-bond acceptors (Lipinski definition) is 13. The van der Waals surface area contributed by atoms with Crippen LogP contribution in [0.5, 0.6) is 5.75 Å². The van der Waals surface area contributed by atoms with Crippen LogP contribution in [0.4, 0.5) is 5.69 Å². The molecule has 2 aliphatic heterocycles. The molecule has 0 aromatic heterocycles. The summed E-state index contributed by atoms with van der Waals surface area (Å²) in [5.41, 5.74) is -0.191. The molecule has 1 aromatic rings. The summed E-state index contributed by atoms with van der Waals surface area (Å²) in [6.45, 7) is -1.17. The molecule has 32 heavy (non-hydrogen) atoms. The molecule has 10 atom stereocenters. The van der Waals surface area contributed by atoms with Gasteiger partial charge >= 0.3 is 0 Å². The third-order valence-electron chi connectivity index (χ3n) is 5.24. The first-order valence-corrected chi connectivity index (χ1v) is 9.67. The van der Waals surface area contributed by atoms with Crippen LogP contribution in [0.2, 0.25) is 0 Å². The summed E-state index contributed by atoms with van der Waals surface area (Å²) in [5, 5.41) is 80.1. The molecule has 0 aliphatic carbocycles. The summed E-state index contributed by atoms with van der Waals surface area (Å²) in [6, 6.07) is 4.83. The Morgan fingerprint density at radius 2 is 1.34 bits per heavy atom. The summed E-state index contributed by atoms with van der Waals surface area (Å²) in [5.74, 6) is 0.0804.